The summed E-state index contributed by atoms with van der Waals surface area (Å²) in [4.78, 5) is 15.1. The fourth-order valence-corrected chi connectivity index (χ4v) is 2.83. The molecule has 0 atom stereocenters. The number of anilines is 1. The van der Waals surface area contributed by atoms with Gasteiger partial charge < -0.3 is 14.8 Å². The van der Waals surface area contributed by atoms with E-state index in [0.717, 1.165) is 5.56 Å². The summed E-state index contributed by atoms with van der Waals surface area (Å²) < 4.78 is 10.6. The lowest BCUT2D eigenvalue weighted by atomic mass is 10.1. The van der Waals surface area contributed by atoms with Crippen LogP contribution in [0.4, 0.5) is 11.4 Å². The first-order chi connectivity index (χ1) is 12.5. The maximum Gasteiger partial charge on any atom is 0.311 e. The molecule has 0 fully saturated rings. The van der Waals surface area contributed by atoms with Crippen molar-refractivity contribution in [3.05, 3.63) is 63.3 Å². The molecule has 1 aromatic heterocycles. The van der Waals surface area contributed by atoms with Crippen LogP contribution in [0.2, 0.25) is 5.02 Å². The van der Waals surface area contributed by atoms with Crippen molar-refractivity contribution in [1.82, 2.24) is 4.98 Å². The average Bonchev–Trinajstić information content (AvgIpc) is 2.65. The average molecular weight is 374 g/mol. The normalized spacial score (nSPS) is 10.6. The third-order valence-electron chi connectivity index (χ3n) is 3.96. The smallest absolute Gasteiger partial charge is 0.311 e. The molecule has 0 unspecified atom stereocenters. The zero-order chi connectivity index (χ0) is 18.7. The summed E-state index contributed by atoms with van der Waals surface area (Å²) in [5.41, 5.74) is 1.69. The Morgan fingerprint density at radius 1 is 1.19 bits per heavy atom. The van der Waals surface area contributed by atoms with Crippen LogP contribution in [0.1, 0.15) is 5.56 Å². The van der Waals surface area contributed by atoms with Gasteiger partial charge in [0.1, 0.15) is 23.4 Å². The second kappa shape index (κ2) is 7.45. The van der Waals surface area contributed by atoms with E-state index in [2.05, 4.69) is 10.3 Å². The molecule has 0 saturated heterocycles. The number of nitrogens with one attached hydrogen (secondary N) is 1. The summed E-state index contributed by atoms with van der Waals surface area (Å²) in [7, 11) is 3.13. The Kier molecular flexibility index (Phi) is 5.09. The van der Waals surface area contributed by atoms with Gasteiger partial charge >= 0.3 is 5.69 Å². The third kappa shape index (κ3) is 3.48. The quantitative estimate of drug-likeness (QED) is 0.508. The van der Waals surface area contributed by atoms with E-state index in [0.29, 0.717) is 39.7 Å². The van der Waals surface area contributed by atoms with Crippen molar-refractivity contribution < 1.29 is 14.4 Å². The number of nitrogens with zero attached hydrogens (tertiary/aromatic N) is 2. The Bertz CT molecular complexity index is 978. The summed E-state index contributed by atoms with van der Waals surface area (Å²) in [6.07, 6.45) is 1.24. The van der Waals surface area contributed by atoms with Crippen LogP contribution in [-0.2, 0) is 6.54 Å². The Labute approximate surface area is 154 Å². The second-order valence-electron chi connectivity index (χ2n) is 5.47. The highest BCUT2D eigenvalue weighted by Crippen LogP contribution is 2.34. The number of halogens is 1. The molecular weight excluding hydrogens is 358 g/mol. The van der Waals surface area contributed by atoms with E-state index in [9.17, 15) is 10.1 Å². The molecule has 0 bridgehead atoms. The minimum absolute atomic E-state index is 0.118. The molecule has 1 heterocycles. The molecular formula is C18H16ClN3O4. The number of aromatic nitrogens is 1. The van der Waals surface area contributed by atoms with E-state index < -0.39 is 4.92 Å². The minimum atomic E-state index is -0.471. The summed E-state index contributed by atoms with van der Waals surface area (Å²) >= 11 is 6.06. The van der Waals surface area contributed by atoms with Gasteiger partial charge in [-0.25, -0.2) is 4.98 Å². The lowest BCUT2D eigenvalue weighted by Crippen LogP contribution is -2.05. The topological polar surface area (TPSA) is 86.5 Å². The number of hydrogen-bond donors (Lipinski definition) is 1. The maximum absolute atomic E-state index is 11.4. The molecule has 134 valence electrons. The second-order valence-corrected chi connectivity index (χ2v) is 5.90. The molecule has 8 heteroatoms. The van der Waals surface area contributed by atoms with Crippen LogP contribution in [0.15, 0.2) is 42.6 Å². The van der Waals surface area contributed by atoms with Crippen molar-refractivity contribution in [3.63, 3.8) is 0 Å². The van der Waals surface area contributed by atoms with Crippen LogP contribution in [0, 0.1) is 10.1 Å². The van der Waals surface area contributed by atoms with E-state index in [-0.39, 0.29) is 5.69 Å². The van der Waals surface area contributed by atoms with E-state index in [1.54, 1.807) is 44.6 Å². The van der Waals surface area contributed by atoms with Crippen molar-refractivity contribution in [2.45, 2.75) is 6.54 Å². The zero-order valence-corrected chi connectivity index (χ0v) is 14.9. The van der Waals surface area contributed by atoms with Crippen molar-refractivity contribution in [3.8, 4) is 11.5 Å². The first kappa shape index (κ1) is 17.8. The van der Waals surface area contributed by atoms with Crippen LogP contribution in [0.5, 0.6) is 11.5 Å². The molecule has 0 aliphatic heterocycles. The van der Waals surface area contributed by atoms with Crippen LogP contribution in [0.25, 0.3) is 10.9 Å². The fraction of sp³-hybridized carbons (Fsp3) is 0.167. The predicted octanol–water partition coefficient (Wildman–Crippen LogP) is 4.43. The molecule has 2 aromatic carbocycles. The van der Waals surface area contributed by atoms with Gasteiger partial charge in [-0.15, -0.1) is 0 Å². The molecule has 0 radical (unpaired) electrons. The number of pyridine rings is 1. The predicted molar refractivity (Wildman–Crippen MR) is 100 cm³/mol. The van der Waals surface area contributed by atoms with Gasteiger partial charge in [-0.05, 0) is 30.3 Å². The fourth-order valence-electron chi connectivity index (χ4n) is 2.66. The largest absolute Gasteiger partial charge is 0.497 e. The van der Waals surface area contributed by atoms with E-state index in [1.165, 1.54) is 6.20 Å². The maximum atomic E-state index is 11.4. The van der Waals surface area contributed by atoms with Gasteiger partial charge in [0.05, 0.1) is 24.7 Å². The van der Waals surface area contributed by atoms with Crippen molar-refractivity contribution in [2.75, 3.05) is 19.5 Å². The lowest BCUT2D eigenvalue weighted by Gasteiger charge is -2.13. The first-order valence-corrected chi connectivity index (χ1v) is 8.08. The van der Waals surface area contributed by atoms with E-state index >= 15 is 0 Å². The molecule has 26 heavy (non-hydrogen) atoms. The van der Waals surface area contributed by atoms with Crippen LogP contribution in [0.3, 0.4) is 0 Å². The number of nitro groups is 1. The van der Waals surface area contributed by atoms with Crippen LogP contribution in [-0.4, -0.2) is 24.1 Å². The van der Waals surface area contributed by atoms with Gasteiger partial charge in [-0.1, -0.05) is 11.6 Å². The number of fused-ring (bicyclic) bond motifs is 1. The molecule has 3 aromatic rings. The van der Waals surface area contributed by atoms with E-state index in [1.807, 2.05) is 6.07 Å². The van der Waals surface area contributed by atoms with Crippen molar-refractivity contribution in [1.29, 1.82) is 0 Å². The van der Waals surface area contributed by atoms with Crippen molar-refractivity contribution >= 4 is 33.9 Å². The van der Waals surface area contributed by atoms with Gasteiger partial charge in [-0.3, -0.25) is 10.1 Å². The third-order valence-corrected chi connectivity index (χ3v) is 4.19. The van der Waals surface area contributed by atoms with Crippen LogP contribution >= 0.6 is 11.6 Å². The van der Waals surface area contributed by atoms with Gasteiger partial charge in [0.15, 0.2) is 0 Å². The monoisotopic (exact) mass is 373 g/mol. The Morgan fingerprint density at radius 3 is 2.69 bits per heavy atom. The molecule has 0 saturated carbocycles. The summed E-state index contributed by atoms with van der Waals surface area (Å²) in [6, 6.07) is 10.5. The number of methoxy groups -OCH3 is 2. The minimum Gasteiger partial charge on any atom is -0.497 e. The highest BCUT2D eigenvalue weighted by molar-refractivity contribution is 6.31. The van der Waals surface area contributed by atoms with E-state index in [4.69, 9.17) is 21.1 Å². The van der Waals surface area contributed by atoms with Gasteiger partial charge in [0.25, 0.3) is 0 Å². The van der Waals surface area contributed by atoms with Crippen LogP contribution < -0.4 is 14.8 Å². The lowest BCUT2D eigenvalue weighted by molar-refractivity contribution is -0.384. The van der Waals surface area contributed by atoms with Gasteiger partial charge in [-0.2, -0.15) is 0 Å². The standard InChI is InChI=1S/C18H16ClN3O4/c1-25-13-5-3-11(17(8-13)26-2)9-21-18-14-7-12(19)4-6-15(14)20-10-16(18)22(23)24/h3-8,10H,9H2,1-2H3,(H,20,21). The van der Waals surface area contributed by atoms with Crippen molar-refractivity contribution in [2.24, 2.45) is 0 Å². The molecule has 0 aliphatic carbocycles. The highest BCUT2D eigenvalue weighted by Gasteiger charge is 2.19. The summed E-state index contributed by atoms with van der Waals surface area (Å²) in [5, 5.41) is 15.6. The first-order valence-electron chi connectivity index (χ1n) is 7.71. The zero-order valence-electron chi connectivity index (χ0n) is 14.2. The molecule has 0 aliphatic rings. The van der Waals surface area contributed by atoms with Gasteiger partial charge in [0, 0.05) is 28.6 Å². The Balaban J connectivity index is 2.01. The molecule has 0 spiro atoms. The number of ether oxygens (including phenoxy) is 2. The van der Waals surface area contributed by atoms with Gasteiger partial charge in [0.2, 0.25) is 0 Å². The summed E-state index contributed by atoms with van der Waals surface area (Å²) in [5.74, 6) is 1.29. The highest BCUT2D eigenvalue weighted by atomic mass is 35.5. The Hall–Kier alpha value is -3.06. The molecule has 1 N–H and O–H groups in total. The Morgan fingerprint density at radius 2 is 2.00 bits per heavy atom. The molecule has 7 nitrogen and oxygen atoms in total. The number of rotatable bonds is 6. The SMILES string of the molecule is COc1ccc(CNc2c([N+](=O)[O-])cnc3ccc(Cl)cc23)c(OC)c1. The number of benzene rings is 2. The number of hydrogen-bond acceptors (Lipinski definition) is 6. The molecule has 0 amide bonds. The molecule has 3 rings (SSSR count). The summed E-state index contributed by atoms with van der Waals surface area (Å²) in [6.45, 7) is 0.319.